The van der Waals surface area contributed by atoms with Crippen molar-refractivity contribution in [1.82, 2.24) is 4.13 Å². The molecule has 1 rings (SSSR count). The minimum atomic E-state index is -4.40. The second-order valence-electron chi connectivity index (χ2n) is 2.80. The van der Waals surface area contributed by atoms with Crippen LogP contribution in [0.4, 0.5) is 13.2 Å². The SMILES string of the molecule is O=S(=O)(NSCC(F)(F)F)c1ccccc1. The van der Waals surface area contributed by atoms with Gasteiger partial charge in [0.2, 0.25) is 10.0 Å². The van der Waals surface area contributed by atoms with Gasteiger partial charge in [0.05, 0.1) is 4.90 Å². The summed E-state index contributed by atoms with van der Waals surface area (Å²) in [6.07, 6.45) is -4.40. The van der Waals surface area contributed by atoms with E-state index in [1.165, 1.54) is 24.3 Å². The van der Waals surface area contributed by atoms with Gasteiger partial charge in [-0.15, -0.1) is 0 Å². The van der Waals surface area contributed by atoms with Gasteiger partial charge in [-0.1, -0.05) is 30.1 Å². The number of hydrogen-bond acceptors (Lipinski definition) is 3. The van der Waals surface area contributed by atoms with Crippen molar-refractivity contribution in [2.24, 2.45) is 0 Å². The quantitative estimate of drug-likeness (QED) is 0.854. The van der Waals surface area contributed by atoms with Gasteiger partial charge in [-0.3, -0.25) is 0 Å². The maximum atomic E-state index is 11.8. The Kier molecular flexibility index (Phi) is 4.22. The van der Waals surface area contributed by atoms with Gasteiger partial charge >= 0.3 is 6.18 Å². The molecule has 0 heterocycles. The van der Waals surface area contributed by atoms with Gasteiger partial charge in [-0.25, -0.2) is 8.42 Å². The third-order valence-electron chi connectivity index (χ3n) is 1.46. The average molecular weight is 271 g/mol. The predicted molar refractivity (Wildman–Crippen MR) is 55.3 cm³/mol. The van der Waals surface area contributed by atoms with E-state index >= 15 is 0 Å². The summed E-state index contributed by atoms with van der Waals surface area (Å²) in [6, 6.07) is 7.20. The lowest BCUT2D eigenvalue weighted by molar-refractivity contribution is -0.105. The highest BCUT2D eigenvalue weighted by Gasteiger charge is 2.28. The van der Waals surface area contributed by atoms with E-state index in [0.717, 1.165) is 0 Å². The largest absolute Gasteiger partial charge is 0.399 e. The second-order valence-corrected chi connectivity index (χ2v) is 5.53. The Labute approximate surface area is 95.2 Å². The number of benzene rings is 1. The molecule has 1 N–H and O–H groups in total. The van der Waals surface area contributed by atoms with Crippen LogP contribution in [0.3, 0.4) is 0 Å². The first-order chi connectivity index (χ1) is 7.31. The van der Waals surface area contributed by atoms with E-state index in [2.05, 4.69) is 0 Å². The van der Waals surface area contributed by atoms with Crippen LogP contribution in [0.1, 0.15) is 0 Å². The summed E-state index contributed by atoms with van der Waals surface area (Å²) in [7, 11) is -3.87. The average Bonchev–Trinajstić information content (AvgIpc) is 2.17. The fourth-order valence-corrected chi connectivity index (χ4v) is 2.76. The van der Waals surface area contributed by atoms with Crippen molar-refractivity contribution in [2.45, 2.75) is 11.1 Å². The zero-order valence-electron chi connectivity index (χ0n) is 7.86. The summed E-state index contributed by atoms with van der Waals surface area (Å²) < 4.78 is 60.0. The van der Waals surface area contributed by atoms with E-state index in [0.29, 0.717) is 0 Å². The Balaban J connectivity index is 2.61. The Hall–Kier alpha value is -0.730. The van der Waals surface area contributed by atoms with Crippen molar-refractivity contribution < 1.29 is 21.6 Å². The van der Waals surface area contributed by atoms with Crippen molar-refractivity contribution in [1.29, 1.82) is 0 Å². The van der Waals surface area contributed by atoms with Crippen LogP contribution in [-0.2, 0) is 10.0 Å². The molecule has 0 radical (unpaired) electrons. The van der Waals surface area contributed by atoms with Crippen LogP contribution >= 0.6 is 11.9 Å². The lowest BCUT2D eigenvalue weighted by Crippen LogP contribution is -2.21. The molecular weight excluding hydrogens is 263 g/mol. The first kappa shape index (κ1) is 13.3. The minimum absolute atomic E-state index is 0.0651. The number of hydrogen-bond donors (Lipinski definition) is 1. The standard InChI is InChI=1S/C8H8F3NO2S2/c9-8(10,11)6-15-12-16(13,14)7-4-2-1-3-5-7/h1-5,12H,6H2. The van der Waals surface area contributed by atoms with Crippen LogP contribution < -0.4 is 4.13 Å². The van der Waals surface area contributed by atoms with Crippen LogP contribution in [0.15, 0.2) is 35.2 Å². The lowest BCUT2D eigenvalue weighted by atomic mass is 10.4. The van der Waals surface area contributed by atoms with E-state index < -0.39 is 22.0 Å². The number of rotatable bonds is 4. The van der Waals surface area contributed by atoms with Crippen molar-refractivity contribution >= 4 is 22.0 Å². The topological polar surface area (TPSA) is 46.2 Å². The van der Waals surface area contributed by atoms with Crippen molar-refractivity contribution in [3.8, 4) is 0 Å². The van der Waals surface area contributed by atoms with Gasteiger partial charge in [-0.05, 0) is 12.1 Å². The molecule has 0 fully saturated rings. The molecule has 0 amide bonds. The van der Waals surface area contributed by atoms with Gasteiger partial charge in [0.25, 0.3) is 0 Å². The van der Waals surface area contributed by atoms with Crippen LogP contribution in [0.5, 0.6) is 0 Å². The van der Waals surface area contributed by atoms with Gasteiger partial charge in [0.15, 0.2) is 0 Å². The van der Waals surface area contributed by atoms with Gasteiger partial charge in [0.1, 0.15) is 5.75 Å². The lowest BCUT2D eigenvalue weighted by Gasteiger charge is -2.07. The molecule has 90 valence electrons. The highest BCUT2D eigenvalue weighted by Crippen LogP contribution is 2.20. The van der Waals surface area contributed by atoms with Gasteiger partial charge in [0, 0.05) is 0 Å². The fourth-order valence-electron chi connectivity index (χ4n) is 0.837. The molecule has 0 bridgehead atoms. The van der Waals surface area contributed by atoms with E-state index in [4.69, 9.17) is 0 Å². The molecule has 3 nitrogen and oxygen atoms in total. The Morgan fingerprint density at radius 1 is 1.19 bits per heavy atom. The summed E-state index contributed by atoms with van der Waals surface area (Å²) >= 11 is 0.0990. The molecule has 1 aromatic carbocycles. The second kappa shape index (κ2) is 5.07. The van der Waals surface area contributed by atoms with Gasteiger partial charge < -0.3 is 0 Å². The zero-order chi connectivity index (χ0) is 12.2. The number of sulfonamides is 1. The third-order valence-corrected chi connectivity index (χ3v) is 4.17. The number of halogens is 3. The van der Waals surface area contributed by atoms with E-state index in [1.807, 2.05) is 0 Å². The molecule has 0 saturated carbocycles. The summed E-state index contributed by atoms with van der Waals surface area (Å²) in [4.78, 5) is -0.0651. The highest BCUT2D eigenvalue weighted by molar-refractivity contribution is 8.09. The summed E-state index contributed by atoms with van der Waals surface area (Å²) in [5.74, 6) is -1.26. The smallest absolute Gasteiger partial charge is 0.206 e. The van der Waals surface area contributed by atoms with Crippen molar-refractivity contribution in [2.75, 3.05) is 5.75 Å². The van der Waals surface area contributed by atoms with E-state index in [1.54, 1.807) is 10.2 Å². The molecule has 0 saturated heterocycles. The minimum Gasteiger partial charge on any atom is -0.206 e. The Morgan fingerprint density at radius 3 is 2.25 bits per heavy atom. The van der Waals surface area contributed by atoms with Crippen LogP contribution in [0.2, 0.25) is 0 Å². The molecule has 0 aliphatic carbocycles. The third kappa shape index (κ3) is 4.42. The molecule has 0 aromatic heterocycles. The zero-order valence-corrected chi connectivity index (χ0v) is 9.49. The Bertz CT molecular complexity index is 430. The van der Waals surface area contributed by atoms with Crippen molar-refractivity contribution in [3.05, 3.63) is 30.3 Å². The molecule has 0 unspecified atom stereocenters. The van der Waals surface area contributed by atoms with E-state index in [-0.39, 0.29) is 16.8 Å². The molecule has 0 aliphatic heterocycles. The summed E-state index contributed by atoms with van der Waals surface area (Å²) in [6.45, 7) is 0. The summed E-state index contributed by atoms with van der Waals surface area (Å²) in [5, 5.41) is 0. The van der Waals surface area contributed by atoms with Crippen molar-refractivity contribution in [3.63, 3.8) is 0 Å². The molecule has 16 heavy (non-hydrogen) atoms. The molecule has 1 aromatic rings. The first-order valence-corrected chi connectivity index (χ1v) is 6.53. The van der Waals surface area contributed by atoms with Crippen LogP contribution in [-0.4, -0.2) is 20.3 Å². The maximum Gasteiger partial charge on any atom is 0.399 e. The number of nitrogens with one attached hydrogen (secondary N) is 1. The first-order valence-electron chi connectivity index (χ1n) is 4.07. The maximum absolute atomic E-state index is 11.8. The van der Waals surface area contributed by atoms with Crippen LogP contribution in [0, 0.1) is 0 Å². The number of alkyl halides is 3. The summed E-state index contributed by atoms with van der Waals surface area (Å²) in [5.41, 5.74) is 0. The molecule has 0 spiro atoms. The molecule has 0 aliphatic rings. The molecular formula is C8H8F3NO2S2. The van der Waals surface area contributed by atoms with E-state index in [9.17, 15) is 21.6 Å². The molecule has 8 heteroatoms. The Morgan fingerprint density at radius 2 is 1.75 bits per heavy atom. The monoisotopic (exact) mass is 271 g/mol. The van der Waals surface area contributed by atoms with Gasteiger partial charge in [-0.2, -0.15) is 17.3 Å². The highest BCUT2D eigenvalue weighted by atomic mass is 32.3. The molecule has 0 atom stereocenters. The normalized spacial score (nSPS) is 12.7. The predicted octanol–water partition coefficient (Wildman–Crippen LogP) is 2.18. The van der Waals surface area contributed by atoms with Crippen LogP contribution in [0.25, 0.3) is 0 Å². The fraction of sp³-hybridized carbons (Fsp3) is 0.250.